The highest BCUT2D eigenvalue weighted by molar-refractivity contribution is 5.97. The van der Waals surface area contributed by atoms with Gasteiger partial charge in [-0.05, 0) is 50.6 Å². The Morgan fingerprint density at radius 2 is 2.00 bits per heavy atom. The van der Waals surface area contributed by atoms with E-state index in [4.69, 9.17) is 4.74 Å². The van der Waals surface area contributed by atoms with E-state index >= 15 is 0 Å². The summed E-state index contributed by atoms with van der Waals surface area (Å²) in [6, 6.07) is 8.44. The molecule has 2 rings (SSSR count). The molecule has 2 amide bonds. The van der Waals surface area contributed by atoms with Gasteiger partial charge in [0.25, 0.3) is 0 Å². The molecule has 0 unspecified atom stereocenters. The van der Waals surface area contributed by atoms with Crippen LogP contribution in [0.15, 0.2) is 36.5 Å². The Kier molecular flexibility index (Phi) is 6.96. The highest BCUT2D eigenvalue weighted by Gasteiger charge is 2.10. The number of aromatic nitrogens is 1. The Labute approximate surface area is 153 Å². The van der Waals surface area contributed by atoms with Crippen molar-refractivity contribution in [2.24, 2.45) is 0 Å². The first-order valence-corrected chi connectivity index (χ1v) is 8.49. The molecule has 0 atom stereocenters. The molecule has 0 saturated carbocycles. The number of ether oxygens (including phenoxy) is 1. The number of nitrogens with one attached hydrogen (secondary N) is 3. The zero-order valence-electron chi connectivity index (χ0n) is 15.3. The van der Waals surface area contributed by atoms with E-state index in [0.29, 0.717) is 36.7 Å². The number of nitrogens with zero attached hydrogens (tertiary/aromatic N) is 1. The van der Waals surface area contributed by atoms with Gasteiger partial charge < -0.3 is 20.7 Å². The number of hydrogen-bond donors (Lipinski definition) is 3. The van der Waals surface area contributed by atoms with Crippen LogP contribution < -0.4 is 20.7 Å². The molecular formula is C19H24N4O3. The van der Waals surface area contributed by atoms with Gasteiger partial charge in [-0.3, -0.25) is 4.79 Å². The first-order valence-electron chi connectivity index (χ1n) is 8.49. The van der Waals surface area contributed by atoms with E-state index in [1.54, 1.807) is 24.4 Å². The second-order valence-electron chi connectivity index (χ2n) is 5.68. The number of hydrogen-bond acceptors (Lipinski definition) is 5. The zero-order valence-corrected chi connectivity index (χ0v) is 15.3. The van der Waals surface area contributed by atoms with Crippen molar-refractivity contribution in [1.29, 1.82) is 0 Å². The van der Waals surface area contributed by atoms with Crippen molar-refractivity contribution in [2.75, 3.05) is 30.3 Å². The number of aryl methyl sites for hydroxylation is 1. The van der Waals surface area contributed by atoms with Gasteiger partial charge in [0, 0.05) is 24.8 Å². The fourth-order valence-corrected chi connectivity index (χ4v) is 2.32. The SMILES string of the molecule is CCOc1ccc(C(C)=O)cc1NC(=O)NCCNc1ncccc1C. The average Bonchev–Trinajstić information content (AvgIpc) is 2.61. The van der Waals surface area contributed by atoms with Crippen LogP contribution in [0.5, 0.6) is 5.75 Å². The number of benzene rings is 1. The van der Waals surface area contributed by atoms with Crippen molar-refractivity contribution in [3.63, 3.8) is 0 Å². The number of anilines is 2. The molecule has 0 aliphatic carbocycles. The van der Waals surface area contributed by atoms with Crippen LogP contribution in [0, 0.1) is 6.92 Å². The molecule has 1 aromatic carbocycles. The number of rotatable bonds is 8. The minimum absolute atomic E-state index is 0.0774. The molecule has 26 heavy (non-hydrogen) atoms. The van der Waals surface area contributed by atoms with Gasteiger partial charge in [0.15, 0.2) is 5.78 Å². The first-order chi connectivity index (χ1) is 12.5. The summed E-state index contributed by atoms with van der Waals surface area (Å²) in [5, 5.41) is 8.65. The van der Waals surface area contributed by atoms with E-state index in [-0.39, 0.29) is 11.8 Å². The summed E-state index contributed by atoms with van der Waals surface area (Å²) in [7, 11) is 0. The van der Waals surface area contributed by atoms with Crippen molar-refractivity contribution in [1.82, 2.24) is 10.3 Å². The molecule has 0 saturated heterocycles. The Balaban J connectivity index is 1.89. The summed E-state index contributed by atoms with van der Waals surface area (Å²) in [5.74, 6) is 1.24. The molecule has 2 aromatic rings. The van der Waals surface area contributed by atoms with Crippen molar-refractivity contribution in [3.05, 3.63) is 47.7 Å². The van der Waals surface area contributed by atoms with E-state index in [9.17, 15) is 9.59 Å². The smallest absolute Gasteiger partial charge is 0.319 e. The van der Waals surface area contributed by atoms with E-state index in [1.165, 1.54) is 6.92 Å². The first kappa shape index (κ1) is 19.2. The number of ketones is 1. The maximum Gasteiger partial charge on any atom is 0.319 e. The lowest BCUT2D eigenvalue weighted by Crippen LogP contribution is -2.33. The number of carbonyl (C=O) groups is 2. The van der Waals surface area contributed by atoms with Crippen LogP contribution in [0.25, 0.3) is 0 Å². The molecule has 1 aromatic heterocycles. The summed E-state index contributed by atoms with van der Waals surface area (Å²) in [4.78, 5) is 27.9. The fourth-order valence-electron chi connectivity index (χ4n) is 2.32. The third-order valence-corrected chi connectivity index (χ3v) is 3.65. The van der Waals surface area contributed by atoms with Gasteiger partial charge in [-0.15, -0.1) is 0 Å². The highest BCUT2D eigenvalue weighted by atomic mass is 16.5. The molecular weight excluding hydrogens is 332 g/mol. The van der Waals surface area contributed by atoms with Crippen LogP contribution in [-0.2, 0) is 0 Å². The average molecular weight is 356 g/mol. The second-order valence-corrected chi connectivity index (χ2v) is 5.68. The zero-order chi connectivity index (χ0) is 18.9. The Bertz CT molecular complexity index is 777. The van der Waals surface area contributed by atoms with E-state index < -0.39 is 0 Å². The van der Waals surface area contributed by atoms with E-state index in [0.717, 1.165) is 11.4 Å². The van der Waals surface area contributed by atoms with Crippen LogP contribution in [-0.4, -0.2) is 36.5 Å². The third kappa shape index (κ3) is 5.47. The monoisotopic (exact) mass is 356 g/mol. The lowest BCUT2D eigenvalue weighted by molar-refractivity contribution is 0.101. The van der Waals surface area contributed by atoms with Gasteiger partial charge in [0.2, 0.25) is 0 Å². The summed E-state index contributed by atoms with van der Waals surface area (Å²) in [5.41, 5.74) is 2.01. The van der Waals surface area contributed by atoms with Crippen LogP contribution in [0.4, 0.5) is 16.3 Å². The van der Waals surface area contributed by atoms with Gasteiger partial charge in [-0.1, -0.05) is 6.07 Å². The van der Waals surface area contributed by atoms with Gasteiger partial charge in [0.1, 0.15) is 11.6 Å². The summed E-state index contributed by atoms with van der Waals surface area (Å²) in [6.45, 7) is 6.71. The predicted octanol–water partition coefficient (Wildman–Crippen LogP) is 3.22. The number of Topliss-reactive ketones (excluding diaryl/α,β-unsaturated/α-hetero) is 1. The molecule has 7 heteroatoms. The third-order valence-electron chi connectivity index (χ3n) is 3.65. The van der Waals surface area contributed by atoms with Crippen molar-refractivity contribution in [2.45, 2.75) is 20.8 Å². The maximum absolute atomic E-state index is 12.1. The van der Waals surface area contributed by atoms with Crippen molar-refractivity contribution in [3.8, 4) is 5.75 Å². The molecule has 1 heterocycles. The van der Waals surface area contributed by atoms with Crippen molar-refractivity contribution < 1.29 is 14.3 Å². The van der Waals surface area contributed by atoms with Gasteiger partial charge in [-0.2, -0.15) is 0 Å². The molecule has 0 aliphatic heterocycles. The molecule has 0 aliphatic rings. The quantitative estimate of drug-likeness (QED) is 0.499. The predicted molar refractivity (Wildman–Crippen MR) is 102 cm³/mol. The Hall–Kier alpha value is -3.09. The second kappa shape index (κ2) is 9.41. The number of pyridine rings is 1. The molecule has 7 nitrogen and oxygen atoms in total. The number of urea groups is 1. The summed E-state index contributed by atoms with van der Waals surface area (Å²) < 4.78 is 5.49. The van der Waals surface area contributed by atoms with Crippen LogP contribution in [0.3, 0.4) is 0 Å². The maximum atomic E-state index is 12.1. The topological polar surface area (TPSA) is 92.3 Å². The minimum Gasteiger partial charge on any atom is -0.492 e. The van der Waals surface area contributed by atoms with Crippen LogP contribution in [0.2, 0.25) is 0 Å². The van der Waals surface area contributed by atoms with Gasteiger partial charge >= 0.3 is 6.03 Å². The lowest BCUT2D eigenvalue weighted by atomic mass is 10.1. The molecule has 138 valence electrons. The standard InChI is InChI=1S/C19H24N4O3/c1-4-26-17-8-7-15(14(3)24)12-16(17)23-19(25)22-11-10-21-18-13(2)6-5-9-20-18/h5-9,12H,4,10-11H2,1-3H3,(H,20,21)(H2,22,23,25). The Morgan fingerprint density at radius 3 is 2.69 bits per heavy atom. The van der Waals surface area contributed by atoms with Gasteiger partial charge in [-0.25, -0.2) is 9.78 Å². The molecule has 0 fully saturated rings. The van der Waals surface area contributed by atoms with Crippen LogP contribution in [0.1, 0.15) is 29.8 Å². The minimum atomic E-state index is -0.369. The normalized spacial score (nSPS) is 10.1. The number of carbonyl (C=O) groups excluding carboxylic acids is 2. The van der Waals surface area contributed by atoms with Crippen molar-refractivity contribution >= 4 is 23.3 Å². The molecule has 3 N–H and O–H groups in total. The van der Waals surface area contributed by atoms with E-state index in [1.807, 2.05) is 26.0 Å². The number of amides is 2. The van der Waals surface area contributed by atoms with Crippen LogP contribution >= 0.6 is 0 Å². The van der Waals surface area contributed by atoms with E-state index in [2.05, 4.69) is 20.9 Å². The highest BCUT2D eigenvalue weighted by Crippen LogP contribution is 2.26. The summed E-state index contributed by atoms with van der Waals surface area (Å²) in [6.07, 6.45) is 1.72. The summed E-state index contributed by atoms with van der Waals surface area (Å²) >= 11 is 0. The fraction of sp³-hybridized carbons (Fsp3) is 0.316. The Morgan fingerprint density at radius 1 is 1.19 bits per heavy atom. The molecule has 0 spiro atoms. The lowest BCUT2D eigenvalue weighted by Gasteiger charge is -2.14. The molecule has 0 radical (unpaired) electrons. The largest absolute Gasteiger partial charge is 0.492 e. The van der Waals surface area contributed by atoms with Gasteiger partial charge in [0.05, 0.1) is 12.3 Å². The molecule has 0 bridgehead atoms.